The topological polar surface area (TPSA) is 146 Å². The minimum atomic E-state index is -0.535. The van der Waals surface area contributed by atoms with Crippen molar-refractivity contribution in [1.29, 1.82) is 0 Å². The van der Waals surface area contributed by atoms with Gasteiger partial charge in [0, 0.05) is 43.9 Å². The van der Waals surface area contributed by atoms with Crippen molar-refractivity contribution in [3.05, 3.63) is 71.1 Å². The molecule has 2 heterocycles. The maximum absolute atomic E-state index is 14.3. The van der Waals surface area contributed by atoms with Crippen LogP contribution in [0.4, 0.5) is 16.2 Å². The number of aliphatic hydroxyl groups excluding tert-OH is 1. The van der Waals surface area contributed by atoms with E-state index in [2.05, 4.69) is 15.8 Å². The molecule has 0 unspecified atom stereocenters. The van der Waals surface area contributed by atoms with Gasteiger partial charge in [0.15, 0.2) is 5.76 Å². The summed E-state index contributed by atoms with van der Waals surface area (Å²) in [5.74, 6) is 0.183. The van der Waals surface area contributed by atoms with Gasteiger partial charge in [-0.25, -0.2) is 4.79 Å². The summed E-state index contributed by atoms with van der Waals surface area (Å²) < 4.78 is 17.8. The number of aryl methyl sites for hydroxylation is 2. The maximum atomic E-state index is 14.3. The van der Waals surface area contributed by atoms with Gasteiger partial charge >= 0.3 is 6.03 Å². The van der Waals surface area contributed by atoms with Crippen LogP contribution in [-0.2, 0) is 4.74 Å². The van der Waals surface area contributed by atoms with E-state index in [4.69, 9.17) is 14.0 Å². The van der Waals surface area contributed by atoms with E-state index in [9.17, 15) is 19.5 Å². The first kappa shape index (κ1) is 35.4. The smallest absolute Gasteiger partial charge is 0.323 e. The number of carbonyl (C=O) groups excluding carboxylic acids is 3. The first-order valence-corrected chi connectivity index (χ1v) is 16.1. The van der Waals surface area contributed by atoms with Gasteiger partial charge in [-0.15, -0.1) is 0 Å². The highest BCUT2D eigenvalue weighted by Gasteiger charge is 2.31. The summed E-state index contributed by atoms with van der Waals surface area (Å²) in [5.41, 5.74) is 2.24. The average Bonchev–Trinajstić information content (AvgIpc) is 3.37. The Morgan fingerprint density at radius 1 is 1.11 bits per heavy atom. The predicted molar refractivity (Wildman–Crippen MR) is 179 cm³/mol. The number of rotatable bonds is 7. The first-order chi connectivity index (χ1) is 22.5. The van der Waals surface area contributed by atoms with Crippen molar-refractivity contribution >= 4 is 29.2 Å². The highest BCUT2D eigenvalue weighted by molar-refractivity contribution is 6.03. The fourth-order valence-electron chi connectivity index (χ4n) is 5.55. The van der Waals surface area contributed by atoms with E-state index in [1.165, 1.54) is 0 Å². The zero-order valence-electron chi connectivity index (χ0n) is 28.1. The molecule has 0 bridgehead atoms. The van der Waals surface area contributed by atoms with Crippen LogP contribution in [0.5, 0.6) is 5.75 Å². The summed E-state index contributed by atoms with van der Waals surface area (Å²) >= 11 is 0. The standard InChI is InChI=1S/C35H47N5O7/c1-22-19-40(23(2)21-41)34(43)29-18-28(36-35(44)37-32-25(4)38-47-26(32)5)15-16-30(29)46-24(3)12-10-11-17-45-31(22)20-39(6)33(42)27-13-8-7-9-14-27/h7-9,13-16,18,22-24,31,41H,10-12,17,19-21H2,1-6H3,(H2,36,37,44)/t22-,23+,24-,31+/m0/s1. The highest BCUT2D eigenvalue weighted by Crippen LogP contribution is 2.29. The third-order valence-corrected chi connectivity index (χ3v) is 8.40. The van der Waals surface area contributed by atoms with E-state index in [1.807, 2.05) is 32.0 Å². The fourth-order valence-corrected chi connectivity index (χ4v) is 5.55. The Balaban J connectivity index is 1.61. The zero-order valence-corrected chi connectivity index (χ0v) is 28.1. The van der Waals surface area contributed by atoms with Crippen LogP contribution >= 0.6 is 0 Å². The second-order valence-electron chi connectivity index (χ2n) is 12.3. The number of amides is 4. The number of fused-ring (bicyclic) bond motifs is 1. The van der Waals surface area contributed by atoms with Gasteiger partial charge < -0.3 is 39.5 Å². The Hall–Kier alpha value is -4.42. The highest BCUT2D eigenvalue weighted by atomic mass is 16.5. The maximum Gasteiger partial charge on any atom is 0.323 e. The molecule has 12 heteroatoms. The van der Waals surface area contributed by atoms with Crippen LogP contribution in [0.25, 0.3) is 0 Å². The quantitative estimate of drug-likeness (QED) is 0.304. The Morgan fingerprint density at radius 2 is 1.85 bits per heavy atom. The van der Waals surface area contributed by atoms with Gasteiger partial charge in [-0.05, 0) is 77.3 Å². The van der Waals surface area contributed by atoms with Crippen LogP contribution in [-0.4, -0.2) is 89.5 Å². The number of nitrogens with zero attached hydrogens (tertiary/aromatic N) is 3. The average molecular weight is 650 g/mol. The monoisotopic (exact) mass is 649 g/mol. The lowest BCUT2D eigenvalue weighted by Crippen LogP contribution is -2.48. The van der Waals surface area contributed by atoms with E-state index in [1.54, 1.807) is 68.0 Å². The number of aliphatic hydroxyl groups is 1. The number of aromatic nitrogens is 1. The van der Waals surface area contributed by atoms with Crippen molar-refractivity contribution in [3.63, 3.8) is 0 Å². The van der Waals surface area contributed by atoms with Crippen LogP contribution in [0.3, 0.4) is 0 Å². The lowest BCUT2D eigenvalue weighted by atomic mass is 10.0. The van der Waals surface area contributed by atoms with E-state index >= 15 is 0 Å². The van der Waals surface area contributed by atoms with E-state index in [0.717, 1.165) is 19.3 Å². The minimum Gasteiger partial charge on any atom is -0.490 e. The summed E-state index contributed by atoms with van der Waals surface area (Å²) in [5, 5.41) is 19.6. The minimum absolute atomic E-state index is 0.115. The third-order valence-electron chi connectivity index (χ3n) is 8.40. The molecule has 2 aromatic carbocycles. The predicted octanol–water partition coefficient (Wildman–Crippen LogP) is 5.50. The number of urea groups is 1. The van der Waals surface area contributed by atoms with Gasteiger partial charge in [0.25, 0.3) is 11.8 Å². The van der Waals surface area contributed by atoms with Crippen molar-refractivity contribution in [2.75, 3.05) is 44.0 Å². The number of benzene rings is 2. The normalized spacial score (nSPS) is 19.9. The van der Waals surface area contributed by atoms with Gasteiger partial charge in [0.2, 0.25) is 0 Å². The molecule has 1 aromatic heterocycles. The van der Waals surface area contributed by atoms with Gasteiger partial charge in [-0.2, -0.15) is 0 Å². The fraction of sp³-hybridized carbons (Fsp3) is 0.486. The van der Waals surface area contributed by atoms with Crippen molar-refractivity contribution in [2.45, 2.75) is 72.1 Å². The second kappa shape index (κ2) is 16.4. The van der Waals surface area contributed by atoms with Crippen LogP contribution < -0.4 is 15.4 Å². The molecule has 0 radical (unpaired) electrons. The molecule has 0 fully saturated rings. The number of ether oxygens (including phenoxy) is 2. The Labute approximate surface area is 276 Å². The molecule has 1 aliphatic rings. The van der Waals surface area contributed by atoms with Gasteiger partial charge in [-0.1, -0.05) is 30.3 Å². The number of hydrogen-bond acceptors (Lipinski definition) is 8. The van der Waals surface area contributed by atoms with Crippen LogP contribution in [0, 0.1) is 19.8 Å². The summed E-state index contributed by atoms with van der Waals surface area (Å²) in [7, 11) is 1.75. The molecule has 0 saturated carbocycles. The number of carbonyl (C=O) groups is 3. The van der Waals surface area contributed by atoms with E-state index in [-0.39, 0.29) is 48.7 Å². The first-order valence-electron chi connectivity index (χ1n) is 16.1. The molecule has 4 amide bonds. The Morgan fingerprint density at radius 3 is 2.53 bits per heavy atom. The molecular weight excluding hydrogens is 602 g/mol. The molecule has 47 heavy (non-hydrogen) atoms. The molecule has 12 nitrogen and oxygen atoms in total. The molecule has 1 aliphatic heterocycles. The van der Waals surface area contributed by atoms with Gasteiger partial charge in [0.05, 0.1) is 30.4 Å². The van der Waals surface area contributed by atoms with Crippen molar-refractivity contribution in [3.8, 4) is 5.75 Å². The van der Waals surface area contributed by atoms with Crippen molar-refractivity contribution in [1.82, 2.24) is 15.0 Å². The molecule has 254 valence electrons. The van der Waals surface area contributed by atoms with Crippen LogP contribution in [0.1, 0.15) is 72.2 Å². The van der Waals surface area contributed by atoms with Crippen LogP contribution in [0.15, 0.2) is 53.1 Å². The zero-order chi connectivity index (χ0) is 34.1. The van der Waals surface area contributed by atoms with E-state index < -0.39 is 12.1 Å². The molecule has 4 atom stereocenters. The largest absolute Gasteiger partial charge is 0.490 e. The second-order valence-corrected chi connectivity index (χ2v) is 12.3. The SMILES string of the molecule is Cc1noc(C)c1NC(=O)Nc1ccc2c(c1)C(=O)N([C@H](C)CO)C[C@H](C)[C@@H](CN(C)C(=O)c1ccccc1)OCCCC[C@H](C)O2. The summed E-state index contributed by atoms with van der Waals surface area (Å²) in [6, 6.07) is 13.0. The van der Waals surface area contributed by atoms with E-state index in [0.29, 0.717) is 47.3 Å². The number of likely N-dealkylation sites (N-methyl/N-ethyl adjacent to an activating group) is 1. The van der Waals surface area contributed by atoms with Crippen molar-refractivity contribution < 1.29 is 33.5 Å². The summed E-state index contributed by atoms with van der Waals surface area (Å²) in [4.78, 5) is 43.7. The summed E-state index contributed by atoms with van der Waals surface area (Å²) in [6.07, 6.45) is 1.82. The summed E-state index contributed by atoms with van der Waals surface area (Å²) in [6.45, 7) is 9.95. The molecule has 3 N–H and O–H groups in total. The molecule has 3 aromatic rings. The molecule has 0 spiro atoms. The lowest BCUT2D eigenvalue weighted by Gasteiger charge is -2.36. The third kappa shape index (κ3) is 9.32. The molecule has 0 saturated heterocycles. The lowest BCUT2D eigenvalue weighted by molar-refractivity contribution is -0.0149. The van der Waals surface area contributed by atoms with Gasteiger partial charge in [0.1, 0.15) is 17.1 Å². The number of nitrogens with one attached hydrogen (secondary N) is 2. The molecular formula is C35H47N5O7. The number of anilines is 2. The number of hydrogen-bond donors (Lipinski definition) is 3. The molecule has 0 aliphatic carbocycles. The van der Waals surface area contributed by atoms with Crippen molar-refractivity contribution in [2.24, 2.45) is 5.92 Å². The Kier molecular flexibility index (Phi) is 12.4. The molecule has 4 rings (SSSR count). The van der Waals surface area contributed by atoms with Gasteiger partial charge in [-0.3, -0.25) is 9.59 Å². The Bertz CT molecular complexity index is 1490. The van der Waals surface area contributed by atoms with Crippen LogP contribution in [0.2, 0.25) is 0 Å².